The molecule has 2 amide bonds. The maximum atomic E-state index is 13.2. The number of nitrogens with zero attached hydrogens (tertiary/aromatic N) is 1. The lowest BCUT2D eigenvalue weighted by Crippen LogP contribution is -2.49. The fraction of sp³-hybridized carbons (Fsp3) is 0.364. The Kier molecular flexibility index (Phi) is 8.93. The molecule has 2 aromatic rings. The molecule has 2 aromatic carbocycles. The van der Waals surface area contributed by atoms with Crippen LogP contribution >= 0.6 is 23.2 Å². The van der Waals surface area contributed by atoms with Gasteiger partial charge < -0.3 is 15.0 Å². The van der Waals surface area contributed by atoms with Crippen LogP contribution in [0.15, 0.2) is 42.5 Å². The van der Waals surface area contributed by atoms with Crippen molar-refractivity contribution >= 4 is 35.0 Å². The lowest BCUT2D eigenvalue weighted by molar-refractivity contribution is -0.142. The minimum atomic E-state index is -0.745. The zero-order valence-corrected chi connectivity index (χ0v) is 18.6. The van der Waals surface area contributed by atoms with Crippen LogP contribution in [0.3, 0.4) is 0 Å². The molecule has 1 atom stereocenters. The highest BCUT2D eigenvalue weighted by Crippen LogP contribution is 2.27. The average Bonchev–Trinajstić information content (AvgIpc) is 2.70. The number of hydrogen-bond acceptors (Lipinski definition) is 3. The average molecular weight is 455 g/mol. The van der Waals surface area contributed by atoms with E-state index in [1.54, 1.807) is 31.2 Å². The van der Waals surface area contributed by atoms with Crippen molar-refractivity contribution in [2.24, 2.45) is 5.92 Å². The molecule has 0 spiro atoms. The molecule has 162 valence electrons. The third kappa shape index (κ3) is 7.18. The van der Waals surface area contributed by atoms with Crippen LogP contribution in [0.4, 0.5) is 4.39 Å². The number of carbonyl (C=O) groups excluding carboxylic acids is 2. The van der Waals surface area contributed by atoms with Crippen LogP contribution < -0.4 is 10.1 Å². The third-order valence-corrected chi connectivity index (χ3v) is 4.89. The summed E-state index contributed by atoms with van der Waals surface area (Å²) in [4.78, 5) is 26.9. The molecule has 0 aromatic heterocycles. The maximum Gasteiger partial charge on any atom is 0.261 e. The summed E-state index contributed by atoms with van der Waals surface area (Å²) in [6.07, 6.45) is 0. The van der Waals surface area contributed by atoms with Crippen LogP contribution in [0, 0.1) is 11.7 Å². The van der Waals surface area contributed by atoms with Crippen molar-refractivity contribution in [2.75, 3.05) is 13.2 Å². The van der Waals surface area contributed by atoms with E-state index in [9.17, 15) is 14.0 Å². The van der Waals surface area contributed by atoms with E-state index in [4.69, 9.17) is 27.9 Å². The van der Waals surface area contributed by atoms with Gasteiger partial charge in [-0.3, -0.25) is 9.59 Å². The molecule has 30 heavy (non-hydrogen) atoms. The van der Waals surface area contributed by atoms with Crippen molar-refractivity contribution in [3.63, 3.8) is 0 Å². The number of ether oxygens (including phenoxy) is 1. The van der Waals surface area contributed by atoms with Crippen molar-refractivity contribution in [3.8, 4) is 5.75 Å². The second-order valence-corrected chi connectivity index (χ2v) is 8.17. The van der Waals surface area contributed by atoms with Gasteiger partial charge in [0.05, 0.1) is 5.02 Å². The van der Waals surface area contributed by atoms with E-state index >= 15 is 0 Å². The fourth-order valence-corrected chi connectivity index (χ4v) is 3.10. The number of nitrogens with one attached hydrogen (secondary N) is 1. The van der Waals surface area contributed by atoms with E-state index in [1.165, 1.54) is 23.1 Å². The van der Waals surface area contributed by atoms with Crippen LogP contribution in [0.2, 0.25) is 10.0 Å². The zero-order chi connectivity index (χ0) is 22.3. The molecule has 2 rings (SSSR count). The summed E-state index contributed by atoms with van der Waals surface area (Å²) >= 11 is 12.0. The Balaban J connectivity index is 2.14. The van der Waals surface area contributed by atoms with Crippen LogP contribution in [-0.4, -0.2) is 35.9 Å². The Labute approximate surface area is 186 Å². The predicted molar refractivity (Wildman–Crippen MR) is 116 cm³/mol. The Morgan fingerprint density at radius 1 is 1.10 bits per heavy atom. The van der Waals surface area contributed by atoms with Crippen molar-refractivity contribution in [1.29, 1.82) is 0 Å². The van der Waals surface area contributed by atoms with E-state index in [-0.39, 0.29) is 35.8 Å². The summed E-state index contributed by atoms with van der Waals surface area (Å²) in [7, 11) is 0. The van der Waals surface area contributed by atoms with E-state index in [2.05, 4.69) is 5.32 Å². The maximum absolute atomic E-state index is 13.2. The molecule has 1 N–H and O–H groups in total. The Bertz CT molecular complexity index is 875. The van der Waals surface area contributed by atoms with Crippen molar-refractivity contribution in [1.82, 2.24) is 10.2 Å². The highest BCUT2D eigenvalue weighted by molar-refractivity contribution is 6.35. The number of halogens is 3. The van der Waals surface area contributed by atoms with Crippen molar-refractivity contribution in [2.45, 2.75) is 33.4 Å². The Hall–Kier alpha value is -2.31. The smallest absolute Gasteiger partial charge is 0.261 e. The molecule has 0 aliphatic rings. The number of hydrogen-bond donors (Lipinski definition) is 1. The molecule has 0 aliphatic carbocycles. The van der Waals surface area contributed by atoms with Gasteiger partial charge in [-0.2, -0.15) is 0 Å². The van der Waals surface area contributed by atoms with E-state index in [0.29, 0.717) is 22.9 Å². The van der Waals surface area contributed by atoms with Gasteiger partial charge in [0.1, 0.15) is 17.6 Å². The molecule has 0 bridgehead atoms. The first-order chi connectivity index (χ1) is 14.2. The number of amides is 2. The second-order valence-electron chi connectivity index (χ2n) is 7.33. The largest absolute Gasteiger partial charge is 0.482 e. The van der Waals surface area contributed by atoms with Gasteiger partial charge >= 0.3 is 0 Å². The highest BCUT2D eigenvalue weighted by Gasteiger charge is 2.26. The molecule has 0 unspecified atom stereocenters. The summed E-state index contributed by atoms with van der Waals surface area (Å²) < 4.78 is 18.8. The Morgan fingerprint density at radius 3 is 2.37 bits per heavy atom. The summed E-state index contributed by atoms with van der Waals surface area (Å²) in [6.45, 7) is 5.93. The normalized spacial score (nSPS) is 11.8. The molecule has 0 fully saturated rings. The van der Waals surface area contributed by atoms with Gasteiger partial charge in [-0.15, -0.1) is 0 Å². The standard InChI is InChI=1S/C22H25Cl2FN2O3/c1-14(2)11-26-22(29)15(3)27(12-16-4-7-18(25)8-5-16)21(28)13-30-20-9-6-17(23)10-19(20)24/h4-10,14-15H,11-13H2,1-3H3,(H,26,29)/t15-/m1/s1. The zero-order valence-electron chi connectivity index (χ0n) is 17.1. The molecular formula is C22H25Cl2FN2O3. The lowest BCUT2D eigenvalue weighted by atomic mass is 10.1. The summed E-state index contributed by atoms with van der Waals surface area (Å²) in [5.41, 5.74) is 0.692. The molecule has 0 aliphatic heterocycles. The SMILES string of the molecule is CC(C)CNC(=O)[C@@H](C)N(Cc1ccc(F)cc1)C(=O)COc1ccc(Cl)cc1Cl. The van der Waals surface area contributed by atoms with Crippen molar-refractivity contribution < 1.29 is 18.7 Å². The molecular weight excluding hydrogens is 430 g/mol. The third-order valence-electron chi connectivity index (χ3n) is 4.36. The molecule has 5 nitrogen and oxygen atoms in total. The highest BCUT2D eigenvalue weighted by atomic mass is 35.5. The lowest BCUT2D eigenvalue weighted by Gasteiger charge is -2.29. The summed E-state index contributed by atoms with van der Waals surface area (Å²) in [5.74, 6) is -0.466. The first-order valence-electron chi connectivity index (χ1n) is 9.57. The van der Waals surface area contributed by atoms with Gasteiger partial charge in [-0.25, -0.2) is 4.39 Å². The Morgan fingerprint density at radius 2 is 1.77 bits per heavy atom. The van der Waals surface area contributed by atoms with Crippen LogP contribution in [0.1, 0.15) is 26.3 Å². The van der Waals surface area contributed by atoms with Crippen molar-refractivity contribution in [3.05, 3.63) is 63.9 Å². The molecule has 0 radical (unpaired) electrons. The topological polar surface area (TPSA) is 58.6 Å². The van der Waals surface area contributed by atoms with Crippen LogP contribution in [0.5, 0.6) is 5.75 Å². The van der Waals surface area contributed by atoms with Gasteiger partial charge in [0, 0.05) is 18.1 Å². The molecule has 0 saturated carbocycles. The molecule has 0 heterocycles. The second kappa shape index (κ2) is 11.2. The van der Waals surface area contributed by atoms with Gasteiger partial charge in [-0.1, -0.05) is 49.2 Å². The minimum absolute atomic E-state index is 0.132. The number of carbonyl (C=O) groups is 2. The monoisotopic (exact) mass is 454 g/mol. The molecule has 8 heteroatoms. The summed E-state index contributed by atoms with van der Waals surface area (Å²) in [5, 5.41) is 3.56. The minimum Gasteiger partial charge on any atom is -0.482 e. The van der Waals surface area contributed by atoms with Gasteiger partial charge in [0.15, 0.2) is 6.61 Å². The number of benzene rings is 2. The predicted octanol–water partition coefficient (Wildman–Crippen LogP) is 4.70. The first kappa shape index (κ1) is 24.0. The fourth-order valence-electron chi connectivity index (χ4n) is 2.64. The first-order valence-corrected chi connectivity index (χ1v) is 10.3. The van der Waals surface area contributed by atoms with Gasteiger partial charge in [0.25, 0.3) is 5.91 Å². The van der Waals surface area contributed by atoms with Gasteiger partial charge in [-0.05, 0) is 48.7 Å². The number of rotatable bonds is 9. The van der Waals surface area contributed by atoms with E-state index in [1.807, 2.05) is 13.8 Å². The summed E-state index contributed by atoms with van der Waals surface area (Å²) in [6, 6.07) is 9.71. The van der Waals surface area contributed by atoms with Crippen LogP contribution in [0.25, 0.3) is 0 Å². The molecule has 0 saturated heterocycles. The quantitative estimate of drug-likeness (QED) is 0.597. The van der Waals surface area contributed by atoms with Gasteiger partial charge in [0.2, 0.25) is 5.91 Å². The van der Waals surface area contributed by atoms with E-state index < -0.39 is 11.9 Å². The van der Waals surface area contributed by atoms with Crippen LogP contribution in [-0.2, 0) is 16.1 Å². The van der Waals surface area contributed by atoms with E-state index in [0.717, 1.165) is 0 Å².